The van der Waals surface area contributed by atoms with Crippen LogP contribution in [0.15, 0.2) is 12.1 Å². The number of nitrogens with zero attached hydrogens (tertiary/aromatic N) is 2. The van der Waals surface area contributed by atoms with Crippen LogP contribution in [0.3, 0.4) is 0 Å². The van der Waals surface area contributed by atoms with Gasteiger partial charge in [0.2, 0.25) is 0 Å². The van der Waals surface area contributed by atoms with Crippen LogP contribution in [-0.2, 0) is 12.8 Å². The first-order valence-corrected chi connectivity index (χ1v) is 10.7. The van der Waals surface area contributed by atoms with Crippen molar-refractivity contribution in [2.75, 3.05) is 39.7 Å². The van der Waals surface area contributed by atoms with Gasteiger partial charge in [0.05, 0.1) is 19.7 Å². The number of likely N-dealkylation sites (tertiary alicyclic amines) is 1. The van der Waals surface area contributed by atoms with E-state index in [9.17, 15) is 0 Å². The van der Waals surface area contributed by atoms with E-state index in [0.717, 1.165) is 48.3 Å². The lowest BCUT2D eigenvalue weighted by Crippen LogP contribution is -2.37. The van der Waals surface area contributed by atoms with Crippen molar-refractivity contribution >= 4 is 16.6 Å². The molecule has 0 spiro atoms. The molecule has 28 heavy (non-hydrogen) atoms. The van der Waals surface area contributed by atoms with Crippen LogP contribution in [0.4, 0.5) is 5.69 Å². The fourth-order valence-corrected chi connectivity index (χ4v) is 4.63. The maximum atomic E-state index is 5.60. The smallest absolute Gasteiger partial charge is 0.162 e. The van der Waals surface area contributed by atoms with Gasteiger partial charge in [-0.2, -0.15) is 0 Å². The molecule has 1 aliphatic carbocycles. The lowest BCUT2D eigenvalue weighted by atomic mass is 9.93. The van der Waals surface area contributed by atoms with Crippen molar-refractivity contribution in [1.29, 1.82) is 0 Å². The minimum Gasteiger partial charge on any atom is -0.493 e. The third-order valence-electron chi connectivity index (χ3n) is 6.33. The number of rotatable bonds is 4. The number of benzene rings is 1. The van der Waals surface area contributed by atoms with Crippen LogP contribution in [-0.4, -0.2) is 50.3 Å². The van der Waals surface area contributed by atoms with Crippen molar-refractivity contribution in [2.24, 2.45) is 0 Å². The first-order chi connectivity index (χ1) is 13.7. The summed E-state index contributed by atoms with van der Waals surface area (Å²) < 4.78 is 11.1. The standard InChI is InChI=1S/C23H33N3O2/c1-26-12-10-16(11-13-26)24-23-17-8-6-4-5-7-9-19(17)25-20-15-22(28-3)21(27-2)14-18(20)23/h14-16H,4-13H2,1-3H3,(H,24,25). The summed E-state index contributed by atoms with van der Waals surface area (Å²) in [6.45, 7) is 2.31. The van der Waals surface area contributed by atoms with E-state index in [-0.39, 0.29) is 0 Å². The average Bonchev–Trinajstić information content (AvgIpc) is 2.69. The Kier molecular flexibility index (Phi) is 5.90. The normalized spacial score (nSPS) is 19.0. The lowest BCUT2D eigenvalue weighted by Gasteiger charge is -2.32. The summed E-state index contributed by atoms with van der Waals surface area (Å²) in [6.07, 6.45) is 9.65. The quantitative estimate of drug-likeness (QED) is 0.847. The highest BCUT2D eigenvalue weighted by Crippen LogP contribution is 2.39. The first-order valence-electron chi connectivity index (χ1n) is 10.7. The number of fused-ring (bicyclic) bond motifs is 2. The summed E-state index contributed by atoms with van der Waals surface area (Å²) in [7, 11) is 5.61. The Morgan fingerprint density at radius 3 is 2.36 bits per heavy atom. The largest absolute Gasteiger partial charge is 0.493 e. The monoisotopic (exact) mass is 383 g/mol. The van der Waals surface area contributed by atoms with Crippen molar-refractivity contribution in [3.63, 3.8) is 0 Å². The summed E-state index contributed by atoms with van der Waals surface area (Å²) in [5.41, 5.74) is 5.00. The van der Waals surface area contributed by atoms with Gasteiger partial charge in [-0.25, -0.2) is 0 Å². The SMILES string of the molecule is COc1cc2nc3c(c(NC4CCN(C)CC4)c2cc1OC)CCCCCC3. The highest BCUT2D eigenvalue weighted by atomic mass is 16.5. The number of methoxy groups -OCH3 is 2. The number of anilines is 1. The summed E-state index contributed by atoms with van der Waals surface area (Å²) in [5.74, 6) is 1.52. The predicted octanol–water partition coefficient (Wildman–Crippen LogP) is 4.42. The van der Waals surface area contributed by atoms with E-state index in [1.165, 1.54) is 55.5 Å². The summed E-state index contributed by atoms with van der Waals surface area (Å²) in [5, 5.41) is 5.11. The maximum absolute atomic E-state index is 5.60. The van der Waals surface area contributed by atoms with Crippen LogP contribution >= 0.6 is 0 Å². The van der Waals surface area contributed by atoms with Gasteiger partial charge in [0.1, 0.15) is 0 Å². The zero-order chi connectivity index (χ0) is 19.5. The third-order valence-corrected chi connectivity index (χ3v) is 6.33. The molecule has 1 aromatic heterocycles. The van der Waals surface area contributed by atoms with E-state index in [2.05, 4.69) is 23.3 Å². The Hall–Kier alpha value is -2.01. The number of hydrogen-bond acceptors (Lipinski definition) is 5. The van der Waals surface area contributed by atoms with E-state index in [4.69, 9.17) is 14.5 Å². The Morgan fingerprint density at radius 1 is 0.964 bits per heavy atom. The van der Waals surface area contributed by atoms with Crippen LogP contribution in [0.1, 0.15) is 49.8 Å². The molecule has 0 unspecified atom stereocenters. The fraction of sp³-hybridized carbons (Fsp3) is 0.609. The Balaban J connectivity index is 1.82. The molecule has 1 fully saturated rings. The zero-order valence-corrected chi connectivity index (χ0v) is 17.5. The van der Waals surface area contributed by atoms with Gasteiger partial charge in [-0.15, -0.1) is 0 Å². The van der Waals surface area contributed by atoms with Crippen LogP contribution in [0.25, 0.3) is 10.9 Å². The van der Waals surface area contributed by atoms with Crippen molar-refractivity contribution in [3.05, 3.63) is 23.4 Å². The molecule has 2 aliphatic rings. The number of ether oxygens (including phenoxy) is 2. The van der Waals surface area contributed by atoms with Crippen molar-refractivity contribution < 1.29 is 9.47 Å². The Labute approximate surface area is 168 Å². The van der Waals surface area contributed by atoms with Crippen molar-refractivity contribution in [1.82, 2.24) is 9.88 Å². The Morgan fingerprint density at radius 2 is 1.64 bits per heavy atom. The zero-order valence-electron chi connectivity index (χ0n) is 17.5. The molecule has 1 aliphatic heterocycles. The number of hydrogen-bond donors (Lipinski definition) is 1. The maximum Gasteiger partial charge on any atom is 0.162 e. The van der Waals surface area contributed by atoms with Crippen molar-refractivity contribution in [2.45, 2.75) is 57.4 Å². The fourth-order valence-electron chi connectivity index (χ4n) is 4.63. The molecule has 5 heteroatoms. The second-order valence-corrected chi connectivity index (χ2v) is 8.27. The molecule has 0 saturated carbocycles. The summed E-state index contributed by atoms with van der Waals surface area (Å²) >= 11 is 0. The summed E-state index contributed by atoms with van der Waals surface area (Å²) in [6, 6.07) is 4.66. The van der Waals surface area contributed by atoms with E-state index in [1.54, 1.807) is 14.2 Å². The van der Waals surface area contributed by atoms with Crippen LogP contribution < -0.4 is 14.8 Å². The minimum atomic E-state index is 0.518. The third kappa shape index (κ3) is 3.90. The van der Waals surface area contributed by atoms with Gasteiger partial charge >= 0.3 is 0 Å². The van der Waals surface area contributed by atoms with E-state index >= 15 is 0 Å². The first kappa shape index (κ1) is 19.3. The lowest BCUT2D eigenvalue weighted by molar-refractivity contribution is 0.264. The van der Waals surface area contributed by atoms with Gasteiger partial charge in [0.15, 0.2) is 11.5 Å². The molecule has 0 atom stereocenters. The molecule has 2 aromatic rings. The molecule has 0 bridgehead atoms. The number of pyridine rings is 1. The highest BCUT2D eigenvalue weighted by Gasteiger charge is 2.23. The van der Waals surface area contributed by atoms with Gasteiger partial charge in [-0.3, -0.25) is 4.98 Å². The second kappa shape index (κ2) is 8.56. The minimum absolute atomic E-state index is 0.518. The molecule has 0 radical (unpaired) electrons. The van der Waals surface area contributed by atoms with E-state index in [0.29, 0.717) is 6.04 Å². The highest BCUT2D eigenvalue weighted by molar-refractivity contribution is 5.96. The van der Waals surface area contributed by atoms with Gasteiger partial charge in [0, 0.05) is 28.9 Å². The molecule has 0 amide bonds. The molecular formula is C23H33N3O2. The van der Waals surface area contributed by atoms with Gasteiger partial charge < -0.3 is 19.7 Å². The molecule has 152 valence electrons. The number of piperidine rings is 1. The van der Waals surface area contributed by atoms with E-state index < -0.39 is 0 Å². The molecule has 5 nitrogen and oxygen atoms in total. The van der Waals surface area contributed by atoms with E-state index in [1.807, 2.05) is 6.07 Å². The van der Waals surface area contributed by atoms with Crippen LogP contribution in [0.2, 0.25) is 0 Å². The topological polar surface area (TPSA) is 46.6 Å². The Bertz CT molecular complexity index is 828. The summed E-state index contributed by atoms with van der Waals surface area (Å²) in [4.78, 5) is 7.50. The van der Waals surface area contributed by atoms with Gasteiger partial charge in [0.25, 0.3) is 0 Å². The molecule has 1 aromatic carbocycles. The van der Waals surface area contributed by atoms with Gasteiger partial charge in [-0.05, 0) is 70.3 Å². The number of nitrogens with one attached hydrogen (secondary N) is 1. The number of aromatic nitrogens is 1. The molecule has 4 rings (SSSR count). The predicted molar refractivity (Wildman–Crippen MR) is 115 cm³/mol. The molecule has 1 saturated heterocycles. The molecule has 2 heterocycles. The average molecular weight is 384 g/mol. The second-order valence-electron chi connectivity index (χ2n) is 8.27. The number of aryl methyl sites for hydroxylation is 1. The van der Waals surface area contributed by atoms with Gasteiger partial charge in [-0.1, -0.05) is 12.8 Å². The molecule has 1 N–H and O–H groups in total. The molecular weight excluding hydrogens is 350 g/mol. The van der Waals surface area contributed by atoms with Crippen LogP contribution in [0.5, 0.6) is 11.5 Å². The van der Waals surface area contributed by atoms with Crippen molar-refractivity contribution in [3.8, 4) is 11.5 Å². The van der Waals surface area contributed by atoms with Crippen LogP contribution in [0, 0.1) is 0 Å².